The summed E-state index contributed by atoms with van der Waals surface area (Å²) in [5.41, 5.74) is 3.14. The molecule has 9 nitrogen and oxygen atoms in total. The van der Waals surface area contributed by atoms with Crippen LogP contribution in [0, 0.1) is 6.92 Å². The second-order valence-electron chi connectivity index (χ2n) is 8.28. The number of aliphatic carboxylic acids is 1. The van der Waals surface area contributed by atoms with Crippen molar-refractivity contribution in [2.75, 3.05) is 40.7 Å². The Morgan fingerprint density at radius 3 is 2.08 bits per heavy atom. The van der Waals surface area contributed by atoms with Crippen LogP contribution in [-0.4, -0.2) is 62.9 Å². The number of hydrogen-bond acceptors (Lipinski definition) is 7. The number of hydrogen-bond donors (Lipinski definition) is 3. The first-order valence-corrected chi connectivity index (χ1v) is 13.9. The van der Waals surface area contributed by atoms with Gasteiger partial charge in [-0.15, -0.1) is 11.3 Å². The van der Waals surface area contributed by atoms with Crippen LogP contribution in [0.2, 0.25) is 5.02 Å². The monoisotopic (exact) mass is 605 g/mol. The summed E-state index contributed by atoms with van der Waals surface area (Å²) in [6, 6.07) is 13.5. The maximum Gasteiger partial charge on any atom is 0.490 e. The van der Waals surface area contributed by atoms with E-state index in [4.69, 9.17) is 21.5 Å². The molecule has 210 valence electrons. The van der Waals surface area contributed by atoms with Gasteiger partial charge in [0, 0.05) is 36.9 Å². The third-order valence-electron chi connectivity index (χ3n) is 5.62. The topological polar surface area (TPSA) is 127 Å². The lowest BCUT2D eigenvalue weighted by Gasteiger charge is -2.38. The number of aryl methyl sites for hydroxylation is 1. The van der Waals surface area contributed by atoms with Crippen molar-refractivity contribution in [1.82, 2.24) is 0 Å². The maximum atomic E-state index is 12.8. The highest BCUT2D eigenvalue weighted by Crippen LogP contribution is 2.33. The highest BCUT2D eigenvalue weighted by atomic mass is 35.5. The Kier molecular flexibility index (Phi) is 9.35. The smallest absolute Gasteiger partial charge is 0.478 e. The van der Waals surface area contributed by atoms with Crippen molar-refractivity contribution in [3.05, 3.63) is 70.1 Å². The third-order valence-corrected chi connectivity index (χ3v) is 8.62. The van der Waals surface area contributed by atoms with Gasteiger partial charge in [-0.25, -0.2) is 18.0 Å². The van der Waals surface area contributed by atoms with Crippen LogP contribution in [0.1, 0.15) is 15.9 Å². The Morgan fingerprint density at radius 1 is 0.974 bits per heavy atom. The summed E-state index contributed by atoms with van der Waals surface area (Å²) in [5, 5.41) is 18.9. The Labute approximate surface area is 231 Å². The molecule has 1 aliphatic heterocycles. The largest absolute Gasteiger partial charge is 0.490 e. The van der Waals surface area contributed by atoms with Crippen LogP contribution >= 0.6 is 22.9 Å². The highest BCUT2D eigenvalue weighted by molar-refractivity contribution is 7.94. The summed E-state index contributed by atoms with van der Waals surface area (Å²) < 4.78 is 60.1. The molecule has 0 unspecified atom stereocenters. The SMILES string of the molecule is Cc1ccc(Cl)cc1N1CCN(c2ccc(C(=O)O)cc2NS(=O)(=O)c2cccs2)CC1.O=C(O)C(F)(F)F. The molecule has 3 aromatic rings. The number of carbonyl (C=O) groups is 2. The standard InChI is InChI=1S/C22H22ClN3O4S2.C2HF3O2/c1-15-4-6-17(23)14-20(15)26-10-8-25(9-11-26)19-7-5-16(22(27)28)13-18(19)24-32(29,30)21-3-2-12-31-21;3-2(4,5)1(6)7/h2-7,12-14,24H,8-11H2,1H3,(H,27,28);(H,6,7). The number of rotatable bonds is 6. The quantitative estimate of drug-likeness (QED) is 0.351. The lowest BCUT2D eigenvalue weighted by Crippen LogP contribution is -2.47. The van der Waals surface area contributed by atoms with Gasteiger partial charge in [0.25, 0.3) is 10.0 Å². The number of nitrogens with one attached hydrogen (secondary N) is 1. The molecular weight excluding hydrogens is 583 g/mol. The number of halogens is 4. The summed E-state index contributed by atoms with van der Waals surface area (Å²) in [7, 11) is -3.81. The first kappa shape index (κ1) is 30.1. The van der Waals surface area contributed by atoms with Crippen molar-refractivity contribution in [3.63, 3.8) is 0 Å². The fourth-order valence-corrected chi connectivity index (χ4v) is 5.97. The van der Waals surface area contributed by atoms with E-state index in [1.54, 1.807) is 17.5 Å². The van der Waals surface area contributed by atoms with E-state index in [2.05, 4.69) is 14.5 Å². The molecule has 0 radical (unpaired) electrons. The van der Waals surface area contributed by atoms with E-state index in [0.717, 1.165) is 35.7 Å². The van der Waals surface area contributed by atoms with Crippen molar-refractivity contribution in [2.45, 2.75) is 17.3 Å². The van der Waals surface area contributed by atoms with Gasteiger partial charge >= 0.3 is 18.1 Å². The number of carboxylic acids is 2. The number of sulfonamides is 1. The minimum absolute atomic E-state index is 0.0193. The molecule has 0 spiro atoms. The average molecular weight is 606 g/mol. The molecule has 0 amide bonds. The van der Waals surface area contributed by atoms with Crippen LogP contribution < -0.4 is 14.5 Å². The summed E-state index contributed by atoms with van der Waals surface area (Å²) >= 11 is 7.28. The summed E-state index contributed by atoms with van der Waals surface area (Å²) in [4.78, 5) is 24.7. The van der Waals surface area contributed by atoms with Crippen LogP contribution in [0.4, 0.5) is 30.2 Å². The van der Waals surface area contributed by atoms with Gasteiger partial charge in [0.2, 0.25) is 0 Å². The van der Waals surface area contributed by atoms with E-state index >= 15 is 0 Å². The average Bonchev–Trinajstić information content (AvgIpc) is 3.42. The van der Waals surface area contributed by atoms with Crippen molar-refractivity contribution >= 4 is 62.0 Å². The minimum Gasteiger partial charge on any atom is -0.478 e. The molecule has 1 aliphatic rings. The zero-order chi connectivity index (χ0) is 29.0. The predicted molar refractivity (Wildman–Crippen MR) is 143 cm³/mol. The number of piperazine rings is 1. The number of alkyl halides is 3. The molecule has 4 rings (SSSR count). The second kappa shape index (κ2) is 12.1. The Hall–Kier alpha value is -3.49. The number of aromatic carboxylic acids is 1. The van der Waals surface area contributed by atoms with E-state index in [-0.39, 0.29) is 15.5 Å². The summed E-state index contributed by atoms with van der Waals surface area (Å²) in [5.74, 6) is -3.87. The molecule has 15 heteroatoms. The number of nitrogens with zero attached hydrogens (tertiary/aromatic N) is 2. The van der Waals surface area contributed by atoms with Crippen molar-refractivity contribution in [2.24, 2.45) is 0 Å². The van der Waals surface area contributed by atoms with Gasteiger partial charge < -0.3 is 20.0 Å². The zero-order valence-electron chi connectivity index (χ0n) is 20.3. The van der Waals surface area contributed by atoms with Gasteiger partial charge in [-0.2, -0.15) is 13.2 Å². The van der Waals surface area contributed by atoms with E-state index < -0.39 is 28.1 Å². The molecule has 0 atom stereocenters. The van der Waals surface area contributed by atoms with E-state index in [1.807, 2.05) is 25.1 Å². The molecule has 0 saturated carbocycles. The second-order valence-corrected chi connectivity index (χ2v) is 11.6. The molecule has 3 N–H and O–H groups in total. The predicted octanol–water partition coefficient (Wildman–Crippen LogP) is 5.17. The van der Waals surface area contributed by atoms with E-state index in [1.165, 1.54) is 18.2 Å². The van der Waals surface area contributed by atoms with Crippen LogP contribution in [0.5, 0.6) is 0 Å². The summed E-state index contributed by atoms with van der Waals surface area (Å²) in [6.45, 7) is 4.77. The highest BCUT2D eigenvalue weighted by Gasteiger charge is 2.38. The first-order chi connectivity index (χ1) is 18.2. The fraction of sp³-hybridized carbons (Fsp3) is 0.250. The molecule has 0 aliphatic carbocycles. The minimum atomic E-state index is -5.08. The van der Waals surface area contributed by atoms with Crippen LogP contribution in [0.25, 0.3) is 0 Å². The van der Waals surface area contributed by atoms with Crippen LogP contribution in [0.15, 0.2) is 58.1 Å². The van der Waals surface area contributed by atoms with Gasteiger partial charge in [0.05, 0.1) is 16.9 Å². The molecule has 39 heavy (non-hydrogen) atoms. The normalized spacial score (nSPS) is 13.9. The maximum absolute atomic E-state index is 12.8. The number of anilines is 3. The molecule has 1 aromatic heterocycles. The lowest BCUT2D eigenvalue weighted by molar-refractivity contribution is -0.192. The van der Waals surface area contributed by atoms with Gasteiger partial charge in [-0.3, -0.25) is 4.72 Å². The van der Waals surface area contributed by atoms with Crippen LogP contribution in [0.3, 0.4) is 0 Å². The number of carboxylic acid groups (broad SMARTS) is 2. The third kappa shape index (κ3) is 7.77. The van der Waals surface area contributed by atoms with Crippen LogP contribution in [-0.2, 0) is 14.8 Å². The first-order valence-electron chi connectivity index (χ1n) is 11.2. The Bertz CT molecular complexity index is 1440. The van der Waals surface area contributed by atoms with Crippen molar-refractivity contribution in [3.8, 4) is 0 Å². The Morgan fingerprint density at radius 2 is 1.56 bits per heavy atom. The molecular formula is C24H23ClF3N3O6S2. The van der Waals surface area contributed by atoms with Gasteiger partial charge in [-0.05, 0) is 54.3 Å². The molecule has 1 fully saturated rings. The lowest BCUT2D eigenvalue weighted by atomic mass is 10.1. The molecule has 0 bridgehead atoms. The number of thiophene rings is 1. The summed E-state index contributed by atoms with van der Waals surface area (Å²) in [6.07, 6.45) is -5.08. The molecule has 2 aromatic carbocycles. The zero-order valence-corrected chi connectivity index (χ0v) is 22.7. The van der Waals surface area contributed by atoms with Gasteiger partial charge in [0.15, 0.2) is 0 Å². The van der Waals surface area contributed by atoms with Crippen molar-refractivity contribution < 1.29 is 41.4 Å². The number of benzene rings is 2. The van der Waals surface area contributed by atoms with Gasteiger partial charge in [0.1, 0.15) is 4.21 Å². The van der Waals surface area contributed by atoms with Gasteiger partial charge in [-0.1, -0.05) is 23.7 Å². The molecule has 2 heterocycles. The van der Waals surface area contributed by atoms with Crippen molar-refractivity contribution in [1.29, 1.82) is 0 Å². The fourth-order valence-electron chi connectivity index (χ4n) is 3.75. The van der Waals surface area contributed by atoms with E-state index in [0.29, 0.717) is 23.8 Å². The van der Waals surface area contributed by atoms with E-state index in [9.17, 15) is 31.5 Å². The Balaban J connectivity index is 0.000000532. The molecule has 1 saturated heterocycles.